The molecule has 2 aromatic carbocycles. The van der Waals surface area contributed by atoms with Crippen molar-refractivity contribution in [1.82, 2.24) is 9.99 Å². The highest BCUT2D eigenvalue weighted by Gasteiger charge is 2.10. The molecule has 0 saturated carbocycles. The van der Waals surface area contributed by atoms with E-state index in [2.05, 4.69) is 47.1 Å². The number of benzene rings is 2. The van der Waals surface area contributed by atoms with Gasteiger partial charge in [-0.3, -0.25) is 4.79 Å². The number of hydrogen-bond acceptors (Lipinski definition) is 3. The minimum absolute atomic E-state index is 0.107. The number of nitrogens with one attached hydrogen (secondary N) is 1. The van der Waals surface area contributed by atoms with Crippen LogP contribution in [0.2, 0.25) is 5.02 Å². The second-order valence-corrected chi connectivity index (χ2v) is 8.85. The van der Waals surface area contributed by atoms with E-state index in [0.717, 1.165) is 28.4 Å². The van der Waals surface area contributed by atoms with E-state index in [0.29, 0.717) is 10.8 Å². The number of carbonyl (C=O) groups is 1. The molecule has 0 aliphatic rings. The largest absolute Gasteiger partial charge is 0.318 e. The fraction of sp³-hybridized carbons (Fsp3) is 0.250. The second kappa shape index (κ2) is 10.0. The molecular formula is C24H26ClN3OS. The number of carbonyl (C=O) groups excluding carboxylic acids is 1. The molecule has 0 aliphatic carbocycles. The van der Waals surface area contributed by atoms with Crippen LogP contribution in [0.1, 0.15) is 33.6 Å². The van der Waals surface area contributed by atoms with Crippen molar-refractivity contribution in [3.05, 3.63) is 87.2 Å². The summed E-state index contributed by atoms with van der Waals surface area (Å²) in [6.07, 6.45) is 1.69. The Labute approximate surface area is 187 Å². The van der Waals surface area contributed by atoms with Gasteiger partial charge in [-0.15, -0.1) is 11.8 Å². The van der Waals surface area contributed by atoms with Gasteiger partial charge in [0.05, 0.1) is 12.0 Å². The molecule has 1 heterocycles. The van der Waals surface area contributed by atoms with Gasteiger partial charge < -0.3 is 4.57 Å². The summed E-state index contributed by atoms with van der Waals surface area (Å²) >= 11 is 7.72. The maximum Gasteiger partial charge on any atom is 0.250 e. The molecule has 30 heavy (non-hydrogen) atoms. The Morgan fingerprint density at radius 2 is 1.83 bits per heavy atom. The zero-order chi connectivity index (χ0) is 21.7. The van der Waals surface area contributed by atoms with Crippen LogP contribution in [0.3, 0.4) is 0 Å². The van der Waals surface area contributed by atoms with E-state index >= 15 is 0 Å². The molecule has 6 heteroatoms. The van der Waals surface area contributed by atoms with Gasteiger partial charge in [0.15, 0.2) is 0 Å². The first-order valence-electron chi connectivity index (χ1n) is 9.75. The van der Waals surface area contributed by atoms with Gasteiger partial charge in [-0.25, -0.2) is 5.43 Å². The van der Waals surface area contributed by atoms with E-state index in [1.807, 2.05) is 44.2 Å². The molecule has 0 aliphatic heterocycles. The summed E-state index contributed by atoms with van der Waals surface area (Å²) in [7, 11) is 0. The summed E-state index contributed by atoms with van der Waals surface area (Å²) in [5, 5.41) is 4.84. The molecule has 0 fully saturated rings. The molecule has 0 unspecified atom stereocenters. The van der Waals surface area contributed by atoms with E-state index in [4.69, 9.17) is 11.6 Å². The maximum atomic E-state index is 12.1. The first-order valence-corrected chi connectivity index (χ1v) is 11.3. The minimum atomic E-state index is -0.107. The molecule has 1 N–H and O–H groups in total. The lowest BCUT2D eigenvalue weighted by Gasteiger charge is -2.09. The molecule has 3 rings (SSSR count). The van der Waals surface area contributed by atoms with Gasteiger partial charge in [-0.1, -0.05) is 47.0 Å². The molecule has 0 radical (unpaired) electrons. The number of aromatic nitrogens is 1. The van der Waals surface area contributed by atoms with E-state index < -0.39 is 0 Å². The van der Waals surface area contributed by atoms with E-state index in [-0.39, 0.29) is 5.91 Å². The van der Waals surface area contributed by atoms with E-state index in [1.165, 1.54) is 16.7 Å². The smallest absolute Gasteiger partial charge is 0.250 e. The molecule has 0 spiro atoms. The highest BCUT2D eigenvalue weighted by molar-refractivity contribution is 7.99. The standard InChI is InChI=1S/C24H26ClN3OS/c1-16-8-17(2)10-20(9-16)14-30-15-24(29)27-26-13-21-11-18(3)28(19(21)4)23-7-5-6-22(25)12-23/h5-13H,14-15H2,1-4H3,(H,27,29)/b26-13+. The number of hydrazone groups is 1. The van der Waals surface area contributed by atoms with Crippen molar-refractivity contribution >= 4 is 35.5 Å². The van der Waals surface area contributed by atoms with Crippen LogP contribution in [-0.4, -0.2) is 22.4 Å². The number of aryl methyl sites for hydroxylation is 3. The number of rotatable bonds is 7. The van der Waals surface area contributed by atoms with Crippen molar-refractivity contribution < 1.29 is 4.79 Å². The number of hydrogen-bond donors (Lipinski definition) is 1. The molecule has 4 nitrogen and oxygen atoms in total. The highest BCUT2D eigenvalue weighted by Crippen LogP contribution is 2.22. The fourth-order valence-electron chi connectivity index (χ4n) is 3.55. The third-order valence-electron chi connectivity index (χ3n) is 4.71. The van der Waals surface area contributed by atoms with Crippen LogP contribution < -0.4 is 5.43 Å². The summed E-state index contributed by atoms with van der Waals surface area (Å²) in [6, 6.07) is 16.2. The average Bonchev–Trinajstić information content (AvgIpc) is 2.94. The third-order valence-corrected chi connectivity index (χ3v) is 5.95. The highest BCUT2D eigenvalue weighted by atomic mass is 35.5. The normalized spacial score (nSPS) is 11.2. The number of halogens is 1. The van der Waals surface area contributed by atoms with Crippen LogP contribution in [0.5, 0.6) is 0 Å². The van der Waals surface area contributed by atoms with Crippen LogP contribution in [0.4, 0.5) is 0 Å². The first-order chi connectivity index (χ1) is 14.3. The van der Waals surface area contributed by atoms with Crippen LogP contribution in [0, 0.1) is 27.7 Å². The lowest BCUT2D eigenvalue weighted by Crippen LogP contribution is -2.19. The monoisotopic (exact) mass is 439 g/mol. The Balaban J connectivity index is 1.56. The summed E-state index contributed by atoms with van der Waals surface area (Å²) in [5.74, 6) is 1.07. The summed E-state index contributed by atoms with van der Waals surface area (Å²) in [6.45, 7) is 8.24. The number of nitrogens with zero attached hydrogens (tertiary/aromatic N) is 2. The van der Waals surface area contributed by atoms with Gasteiger partial charge in [0.2, 0.25) is 5.91 Å². The number of thioether (sulfide) groups is 1. The van der Waals surface area contributed by atoms with Crippen molar-refractivity contribution in [2.45, 2.75) is 33.4 Å². The Bertz CT molecular complexity index is 1070. The SMILES string of the molecule is Cc1cc(C)cc(CSCC(=O)N/N=C/c2cc(C)n(-c3cccc(Cl)c3)c2C)c1. The Hall–Kier alpha value is -2.50. The van der Waals surface area contributed by atoms with Gasteiger partial charge in [0.25, 0.3) is 0 Å². The first kappa shape index (κ1) is 22.2. The van der Waals surface area contributed by atoms with Crippen molar-refractivity contribution in [3.63, 3.8) is 0 Å². The van der Waals surface area contributed by atoms with Crippen LogP contribution >= 0.6 is 23.4 Å². The molecule has 0 atom stereocenters. The molecule has 1 amide bonds. The van der Waals surface area contributed by atoms with E-state index in [9.17, 15) is 4.79 Å². The Morgan fingerprint density at radius 1 is 1.10 bits per heavy atom. The Morgan fingerprint density at radius 3 is 2.53 bits per heavy atom. The van der Waals surface area contributed by atoms with Gasteiger partial charge in [0, 0.05) is 33.4 Å². The minimum Gasteiger partial charge on any atom is -0.318 e. The van der Waals surface area contributed by atoms with Gasteiger partial charge in [-0.05, 0) is 57.5 Å². The van der Waals surface area contributed by atoms with E-state index in [1.54, 1.807) is 18.0 Å². The quantitative estimate of drug-likeness (QED) is 0.376. The van der Waals surface area contributed by atoms with Crippen molar-refractivity contribution in [2.24, 2.45) is 5.10 Å². The third kappa shape index (κ3) is 5.77. The predicted octanol–water partition coefficient (Wildman–Crippen LogP) is 5.75. The van der Waals surface area contributed by atoms with Crippen molar-refractivity contribution in [3.8, 4) is 5.69 Å². The van der Waals surface area contributed by atoms with Gasteiger partial charge in [-0.2, -0.15) is 5.10 Å². The van der Waals surface area contributed by atoms with Crippen molar-refractivity contribution in [2.75, 3.05) is 5.75 Å². The summed E-state index contributed by atoms with van der Waals surface area (Å²) in [4.78, 5) is 12.1. The molecule has 1 aromatic heterocycles. The fourth-order valence-corrected chi connectivity index (χ4v) is 4.49. The number of amides is 1. The van der Waals surface area contributed by atoms with Gasteiger partial charge >= 0.3 is 0 Å². The molecule has 156 valence electrons. The lowest BCUT2D eigenvalue weighted by molar-refractivity contribution is -0.118. The predicted molar refractivity (Wildman–Crippen MR) is 128 cm³/mol. The molecule has 3 aromatic rings. The molecular weight excluding hydrogens is 414 g/mol. The molecule has 0 bridgehead atoms. The topological polar surface area (TPSA) is 46.4 Å². The zero-order valence-electron chi connectivity index (χ0n) is 17.7. The summed E-state index contributed by atoms with van der Waals surface area (Å²) < 4.78 is 2.12. The van der Waals surface area contributed by atoms with Crippen molar-refractivity contribution in [1.29, 1.82) is 0 Å². The van der Waals surface area contributed by atoms with Crippen LogP contribution in [-0.2, 0) is 10.5 Å². The Kier molecular flexibility index (Phi) is 7.40. The zero-order valence-corrected chi connectivity index (χ0v) is 19.3. The lowest BCUT2D eigenvalue weighted by atomic mass is 10.1. The second-order valence-electron chi connectivity index (χ2n) is 7.42. The average molecular weight is 440 g/mol. The molecule has 0 saturated heterocycles. The maximum absolute atomic E-state index is 12.1. The van der Waals surface area contributed by atoms with Crippen LogP contribution in [0.25, 0.3) is 5.69 Å². The van der Waals surface area contributed by atoms with Gasteiger partial charge in [0.1, 0.15) is 0 Å². The summed E-state index contributed by atoms with van der Waals surface area (Å²) in [5.41, 5.74) is 10.4. The van der Waals surface area contributed by atoms with Crippen LogP contribution in [0.15, 0.2) is 53.6 Å².